The van der Waals surface area contributed by atoms with Crippen LogP contribution in [0.5, 0.6) is 0 Å². The predicted molar refractivity (Wildman–Crippen MR) is 50.3 cm³/mol. The fraction of sp³-hybridized carbons (Fsp3) is 0.500. The summed E-state index contributed by atoms with van der Waals surface area (Å²) in [6, 6.07) is 0. The molecule has 0 unspecified atom stereocenters. The Kier molecular flexibility index (Phi) is 2.18. The molecule has 0 saturated heterocycles. The summed E-state index contributed by atoms with van der Waals surface area (Å²) in [5.41, 5.74) is 0.128. The largest absolute Gasteiger partial charge is 0.476 e. The zero-order valence-electron chi connectivity index (χ0n) is 6.99. The first-order chi connectivity index (χ1) is 6.25. The summed E-state index contributed by atoms with van der Waals surface area (Å²) in [4.78, 5) is 14.4. The lowest BCUT2D eigenvalue weighted by Crippen LogP contribution is -2.03. The molecule has 2 N–H and O–H groups in total. The number of nitrogens with one attached hydrogen (secondary N) is 1. The van der Waals surface area contributed by atoms with E-state index in [2.05, 4.69) is 10.3 Å². The van der Waals surface area contributed by atoms with Crippen LogP contribution in [0.1, 0.15) is 23.3 Å². The lowest BCUT2D eigenvalue weighted by atomic mass is 10.4. The molecule has 0 radical (unpaired) electrons. The summed E-state index contributed by atoms with van der Waals surface area (Å²) in [6.07, 6.45) is 2.56. The molecule has 0 amide bonds. The second-order valence-electron chi connectivity index (χ2n) is 3.17. The van der Waals surface area contributed by atoms with Crippen molar-refractivity contribution in [1.82, 2.24) is 4.98 Å². The van der Waals surface area contributed by atoms with Gasteiger partial charge in [-0.25, -0.2) is 9.78 Å². The van der Waals surface area contributed by atoms with Crippen molar-refractivity contribution >= 4 is 22.4 Å². The molecule has 1 aliphatic rings. The van der Waals surface area contributed by atoms with Crippen LogP contribution in [0.15, 0.2) is 5.38 Å². The normalized spacial score (nSPS) is 15.7. The van der Waals surface area contributed by atoms with Crippen molar-refractivity contribution in [2.45, 2.75) is 12.8 Å². The van der Waals surface area contributed by atoms with Crippen molar-refractivity contribution in [3.05, 3.63) is 11.1 Å². The molecule has 0 aliphatic heterocycles. The minimum Gasteiger partial charge on any atom is -0.476 e. The lowest BCUT2D eigenvalue weighted by molar-refractivity contribution is 0.0691. The van der Waals surface area contributed by atoms with Crippen LogP contribution < -0.4 is 5.32 Å². The Morgan fingerprint density at radius 1 is 1.77 bits per heavy atom. The number of rotatable bonds is 4. The van der Waals surface area contributed by atoms with E-state index in [1.807, 2.05) is 0 Å². The third kappa shape index (κ3) is 2.18. The zero-order chi connectivity index (χ0) is 9.26. The quantitative estimate of drug-likeness (QED) is 0.772. The van der Waals surface area contributed by atoms with Gasteiger partial charge in [0.2, 0.25) is 0 Å². The minimum atomic E-state index is -0.962. The highest BCUT2D eigenvalue weighted by Crippen LogP contribution is 2.29. The van der Waals surface area contributed by atoms with E-state index in [9.17, 15) is 4.79 Å². The molecule has 0 bridgehead atoms. The maximum absolute atomic E-state index is 10.5. The SMILES string of the molecule is O=C(O)c1csc(NCC2CC2)n1. The molecule has 1 aliphatic carbocycles. The summed E-state index contributed by atoms with van der Waals surface area (Å²) in [5.74, 6) is -0.187. The maximum atomic E-state index is 10.5. The Morgan fingerprint density at radius 3 is 3.08 bits per heavy atom. The summed E-state index contributed by atoms with van der Waals surface area (Å²) in [7, 11) is 0. The highest BCUT2D eigenvalue weighted by atomic mass is 32.1. The minimum absolute atomic E-state index is 0.128. The van der Waals surface area contributed by atoms with Crippen LogP contribution in [0.2, 0.25) is 0 Å². The van der Waals surface area contributed by atoms with Gasteiger partial charge in [-0.1, -0.05) is 0 Å². The maximum Gasteiger partial charge on any atom is 0.355 e. The summed E-state index contributed by atoms with van der Waals surface area (Å²) >= 11 is 1.34. The zero-order valence-corrected chi connectivity index (χ0v) is 7.80. The van der Waals surface area contributed by atoms with E-state index in [0.717, 1.165) is 12.5 Å². The molecule has 0 atom stereocenters. The number of anilines is 1. The Bertz CT molecular complexity index is 320. The molecule has 1 aromatic heterocycles. The number of aromatic carboxylic acids is 1. The third-order valence-corrected chi connectivity index (χ3v) is 2.76. The van der Waals surface area contributed by atoms with E-state index in [0.29, 0.717) is 5.13 Å². The predicted octanol–water partition coefficient (Wildman–Crippen LogP) is 1.66. The number of nitrogens with zero attached hydrogens (tertiary/aromatic N) is 1. The van der Waals surface area contributed by atoms with E-state index in [1.54, 1.807) is 5.38 Å². The fourth-order valence-corrected chi connectivity index (χ4v) is 1.70. The van der Waals surface area contributed by atoms with Crippen molar-refractivity contribution in [1.29, 1.82) is 0 Å². The average molecular weight is 198 g/mol. The van der Waals surface area contributed by atoms with Gasteiger partial charge in [0.15, 0.2) is 10.8 Å². The van der Waals surface area contributed by atoms with E-state index >= 15 is 0 Å². The van der Waals surface area contributed by atoms with Gasteiger partial charge >= 0.3 is 5.97 Å². The van der Waals surface area contributed by atoms with Crippen molar-refractivity contribution < 1.29 is 9.90 Å². The van der Waals surface area contributed by atoms with Crippen LogP contribution in [-0.2, 0) is 0 Å². The second-order valence-corrected chi connectivity index (χ2v) is 4.03. The molecule has 1 fully saturated rings. The number of carboxylic acid groups (broad SMARTS) is 1. The van der Waals surface area contributed by atoms with Gasteiger partial charge in [-0.2, -0.15) is 0 Å². The molecule has 70 valence electrons. The highest BCUT2D eigenvalue weighted by Gasteiger charge is 2.21. The molecular formula is C8H10N2O2S. The molecule has 5 heteroatoms. The van der Waals surface area contributed by atoms with Gasteiger partial charge in [0.25, 0.3) is 0 Å². The highest BCUT2D eigenvalue weighted by molar-refractivity contribution is 7.13. The van der Waals surface area contributed by atoms with Crippen LogP contribution in [0.4, 0.5) is 5.13 Å². The molecule has 0 aromatic carbocycles. The molecule has 13 heavy (non-hydrogen) atoms. The van der Waals surface area contributed by atoms with Crippen LogP contribution in [0, 0.1) is 5.92 Å². The standard InChI is InChI=1S/C8H10N2O2S/c11-7(12)6-4-13-8(10-6)9-3-5-1-2-5/h4-5H,1-3H2,(H,9,10)(H,11,12). The monoisotopic (exact) mass is 198 g/mol. The van der Waals surface area contributed by atoms with Crippen LogP contribution in [0.25, 0.3) is 0 Å². The smallest absolute Gasteiger partial charge is 0.355 e. The molecule has 1 aromatic rings. The van der Waals surface area contributed by atoms with E-state index in [4.69, 9.17) is 5.11 Å². The second kappa shape index (κ2) is 3.33. The number of hydrogen-bond donors (Lipinski definition) is 2. The van der Waals surface area contributed by atoms with Crippen molar-refractivity contribution in [3.8, 4) is 0 Å². The fourth-order valence-electron chi connectivity index (χ4n) is 1.01. The van der Waals surface area contributed by atoms with E-state index in [1.165, 1.54) is 24.2 Å². The summed E-state index contributed by atoms with van der Waals surface area (Å²) in [5, 5.41) is 14.0. The number of aromatic nitrogens is 1. The number of carboxylic acids is 1. The first-order valence-electron chi connectivity index (χ1n) is 4.18. The summed E-state index contributed by atoms with van der Waals surface area (Å²) < 4.78 is 0. The molecule has 2 rings (SSSR count). The van der Waals surface area contributed by atoms with Gasteiger partial charge in [0.1, 0.15) is 0 Å². The Balaban J connectivity index is 1.92. The van der Waals surface area contributed by atoms with Gasteiger partial charge in [0, 0.05) is 11.9 Å². The van der Waals surface area contributed by atoms with Crippen molar-refractivity contribution in [2.75, 3.05) is 11.9 Å². The molecular weight excluding hydrogens is 188 g/mol. The van der Waals surface area contributed by atoms with Gasteiger partial charge < -0.3 is 10.4 Å². The van der Waals surface area contributed by atoms with Crippen LogP contribution in [0.3, 0.4) is 0 Å². The first kappa shape index (κ1) is 8.50. The van der Waals surface area contributed by atoms with Crippen LogP contribution >= 0.6 is 11.3 Å². The number of carbonyl (C=O) groups is 1. The van der Waals surface area contributed by atoms with Crippen LogP contribution in [-0.4, -0.2) is 22.6 Å². The Hall–Kier alpha value is -1.10. The van der Waals surface area contributed by atoms with Gasteiger partial charge in [0.05, 0.1) is 0 Å². The molecule has 1 saturated carbocycles. The first-order valence-corrected chi connectivity index (χ1v) is 5.06. The third-order valence-electron chi connectivity index (χ3n) is 1.96. The van der Waals surface area contributed by atoms with Gasteiger partial charge in [-0.05, 0) is 18.8 Å². The van der Waals surface area contributed by atoms with Crippen molar-refractivity contribution in [2.24, 2.45) is 5.92 Å². The number of hydrogen-bond acceptors (Lipinski definition) is 4. The molecule has 1 heterocycles. The molecule has 4 nitrogen and oxygen atoms in total. The Labute approximate surface area is 79.6 Å². The lowest BCUT2D eigenvalue weighted by Gasteiger charge is -1.97. The van der Waals surface area contributed by atoms with Gasteiger partial charge in [-0.15, -0.1) is 11.3 Å². The van der Waals surface area contributed by atoms with Crippen molar-refractivity contribution in [3.63, 3.8) is 0 Å². The van der Waals surface area contributed by atoms with Gasteiger partial charge in [-0.3, -0.25) is 0 Å². The average Bonchev–Trinajstić information content (AvgIpc) is 2.79. The number of thiazole rings is 1. The summed E-state index contributed by atoms with van der Waals surface area (Å²) in [6.45, 7) is 0.923. The van der Waals surface area contributed by atoms with E-state index < -0.39 is 5.97 Å². The molecule has 0 spiro atoms. The van der Waals surface area contributed by atoms with E-state index in [-0.39, 0.29) is 5.69 Å². The Morgan fingerprint density at radius 2 is 2.54 bits per heavy atom. The topological polar surface area (TPSA) is 62.2 Å².